The normalized spacial score (nSPS) is 23.2. The summed E-state index contributed by atoms with van der Waals surface area (Å²) >= 11 is 0. The van der Waals surface area contributed by atoms with Gasteiger partial charge in [-0.3, -0.25) is 0 Å². The van der Waals surface area contributed by atoms with Crippen molar-refractivity contribution < 1.29 is 0 Å². The van der Waals surface area contributed by atoms with Gasteiger partial charge in [-0.05, 0) is 50.2 Å². The lowest BCUT2D eigenvalue weighted by Crippen LogP contribution is -2.43. The average Bonchev–Trinajstić information content (AvgIpc) is 2.32. The first-order chi connectivity index (χ1) is 7.63. The average molecular weight is 226 g/mol. The van der Waals surface area contributed by atoms with Gasteiger partial charge in [-0.25, -0.2) is 0 Å². The first-order valence-electron chi connectivity index (χ1n) is 7.06. The van der Waals surface area contributed by atoms with Gasteiger partial charge >= 0.3 is 0 Å². The molecule has 1 unspecified atom stereocenters. The zero-order valence-electron chi connectivity index (χ0n) is 11.5. The van der Waals surface area contributed by atoms with E-state index in [-0.39, 0.29) is 0 Å². The fourth-order valence-electron chi connectivity index (χ4n) is 2.70. The highest BCUT2D eigenvalue weighted by Gasteiger charge is 2.26. The van der Waals surface area contributed by atoms with Gasteiger partial charge in [0, 0.05) is 6.54 Å². The van der Waals surface area contributed by atoms with Crippen molar-refractivity contribution in [3.05, 3.63) is 0 Å². The fraction of sp³-hybridized carbons (Fsp3) is 1.00. The standard InChI is InChI=1S/C14H30N2/c1-4-6-13-7-9-16(10-8-13)12-14(3,5-2)11-15/h13H,4-12,15H2,1-3H3. The molecule has 2 N–H and O–H groups in total. The van der Waals surface area contributed by atoms with Crippen LogP contribution in [0.3, 0.4) is 0 Å². The minimum Gasteiger partial charge on any atom is -0.330 e. The van der Waals surface area contributed by atoms with Crippen LogP contribution in [0.4, 0.5) is 0 Å². The van der Waals surface area contributed by atoms with Crippen LogP contribution >= 0.6 is 0 Å². The third-order valence-electron chi connectivity index (χ3n) is 4.36. The van der Waals surface area contributed by atoms with Crippen LogP contribution in [-0.2, 0) is 0 Å². The van der Waals surface area contributed by atoms with E-state index in [1.54, 1.807) is 0 Å². The van der Waals surface area contributed by atoms with Crippen molar-refractivity contribution in [3.8, 4) is 0 Å². The predicted octanol–water partition coefficient (Wildman–Crippen LogP) is 2.87. The quantitative estimate of drug-likeness (QED) is 0.754. The molecular weight excluding hydrogens is 196 g/mol. The van der Waals surface area contributed by atoms with E-state index in [9.17, 15) is 0 Å². The van der Waals surface area contributed by atoms with E-state index in [1.165, 1.54) is 51.7 Å². The molecule has 1 aliphatic heterocycles. The molecule has 0 amide bonds. The Bertz CT molecular complexity index is 179. The molecule has 1 fully saturated rings. The third-order valence-corrected chi connectivity index (χ3v) is 4.36. The summed E-state index contributed by atoms with van der Waals surface area (Å²) < 4.78 is 0. The largest absolute Gasteiger partial charge is 0.330 e. The Balaban J connectivity index is 2.31. The molecule has 0 aromatic rings. The Kier molecular flexibility index (Phi) is 5.77. The van der Waals surface area contributed by atoms with Gasteiger partial charge < -0.3 is 10.6 Å². The molecule has 0 aromatic heterocycles. The van der Waals surface area contributed by atoms with Crippen molar-refractivity contribution in [1.29, 1.82) is 0 Å². The Morgan fingerprint density at radius 1 is 1.25 bits per heavy atom. The van der Waals surface area contributed by atoms with Crippen LogP contribution in [0.2, 0.25) is 0 Å². The van der Waals surface area contributed by atoms with E-state index in [2.05, 4.69) is 25.7 Å². The Morgan fingerprint density at radius 2 is 1.88 bits per heavy atom. The molecule has 0 spiro atoms. The van der Waals surface area contributed by atoms with Crippen molar-refractivity contribution in [1.82, 2.24) is 4.90 Å². The van der Waals surface area contributed by atoms with Crippen LogP contribution in [0, 0.1) is 11.3 Å². The molecule has 0 aliphatic carbocycles. The van der Waals surface area contributed by atoms with Gasteiger partial charge in [0.25, 0.3) is 0 Å². The van der Waals surface area contributed by atoms with Crippen LogP contribution < -0.4 is 5.73 Å². The van der Waals surface area contributed by atoms with Crippen LogP contribution in [0.15, 0.2) is 0 Å². The Hall–Kier alpha value is -0.0800. The molecule has 1 rings (SSSR count). The highest BCUT2D eigenvalue weighted by Crippen LogP contribution is 2.26. The van der Waals surface area contributed by atoms with Gasteiger partial charge in [0.15, 0.2) is 0 Å². The maximum Gasteiger partial charge on any atom is 0.00473 e. The number of piperidine rings is 1. The number of nitrogens with zero attached hydrogens (tertiary/aromatic N) is 1. The lowest BCUT2D eigenvalue weighted by molar-refractivity contribution is 0.117. The van der Waals surface area contributed by atoms with Gasteiger partial charge in [-0.1, -0.05) is 33.6 Å². The van der Waals surface area contributed by atoms with Gasteiger partial charge in [0.05, 0.1) is 0 Å². The molecule has 0 bridgehead atoms. The molecule has 1 atom stereocenters. The van der Waals surface area contributed by atoms with Crippen LogP contribution in [0.5, 0.6) is 0 Å². The Labute approximate surface area is 102 Å². The summed E-state index contributed by atoms with van der Waals surface area (Å²) in [6.45, 7) is 11.5. The van der Waals surface area contributed by atoms with E-state index >= 15 is 0 Å². The van der Waals surface area contributed by atoms with E-state index in [0.29, 0.717) is 5.41 Å². The molecule has 96 valence electrons. The lowest BCUT2D eigenvalue weighted by Gasteiger charge is -2.38. The number of rotatable bonds is 6. The van der Waals surface area contributed by atoms with Crippen molar-refractivity contribution in [2.75, 3.05) is 26.2 Å². The number of hydrogen-bond acceptors (Lipinski definition) is 2. The summed E-state index contributed by atoms with van der Waals surface area (Å²) in [4.78, 5) is 2.63. The third kappa shape index (κ3) is 4.06. The zero-order valence-corrected chi connectivity index (χ0v) is 11.5. The van der Waals surface area contributed by atoms with Gasteiger partial charge in [0.2, 0.25) is 0 Å². The van der Waals surface area contributed by atoms with Crippen LogP contribution in [0.25, 0.3) is 0 Å². The molecular formula is C14H30N2. The molecule has 1 saturated heterocycles. The highest BCUT2D eigenvalue weighted by molar-refractivity contribution is 4.81. The van der Waals surface area contributed by atoms with E-state index in [1.807, 2.05) is 0 Å². The summed E-state index contributed by atoms with van der Waals surface area (Å²) in [6, 6.07) is 0. The van der Waals surface area contributed by atoms with Crippen molar-refractivity contribution >= 4 is 0 Å². The predicted molar refractivity (Wildman–Crippen MR) is 71.5 cm³/mol. The van der Waals surface area contributed by atoms with E-state index < -0.39 is 0 Å². The van der Waals surface area contributed by atoms with Crippen molar-refractivity contribution in [2.24, 2.45) is 17.1 Å². The first kappa shape index (κ1) is 14.0. The molecule has 1 heterocycles. The van der Waals surface area contributed by atoms with Gasteiger partial charge in [-0.2, -0.15) is 0 Å². The molecule has 0 aromatic carbocycles. The zero-order chi connectivity index (χ0) is 12.0. The first-order valence-corrected chi connectivity index (χ1v) is 7.06. The highest BCUT2D eigenvalue weighted by atomic mass is 15.1. The van der Waals surface area contributed by atoms with E-state index in [4.69, 9.17) is 5.73 Å². The lowest BCUT2D eigenvalue weighted by atomic mass is 9.85. The van der Waals surface area contributed by atoms with Crippen molar-refractivity contribution in [2.45, 2.75) is 52.9 Å². The number of likely N-dealkylation sites (tertiary alicyclic amines) is 1. The van der Waals surface area contributed by atoms with Gasteiger partial charge in [0.1, 0.15) is 0 Å². The SMILES string of the molecule is CCCC1CCN(CC(C)(CC)CN)CC1. The second kappa shape index (κ2) is 6.61. The fourth-order valence-corrected chi connectivity index (χ4v) is 2.70. The maximum atomic E-state index is 5.88. The molecule has 16 heavy (non-hydrogen) atoms. The minimum absolute atomic E-state index is 0.331. The van der Waals surface area contributed by atoms with Crippen LogP contribution in [0.1, 0.15) is 52.9 Å². The summed E-state index contributed by atoms with van der Waals surface area (Å²) in [5.74, 6) is 0.993. The summed E-state index contributed by atoms with van der Waals surface area (Å²) in [7, 11) is 0. The monoisotopic (exact) mass is 226 g/mol. The van der Waals surface area contributed by atoms with Crippen LogP contribution in [-0.4, -0.2) is 31.1 Å². The molecule has 0 saturated carbocycles. The van der Waals surface area contributed by atoms with Crippen molar-refractivity contribution in [3.63, 3.8) is 0 Å². The van der Waals surface area contributed by atoms with E-state index in [0.717, 1.165) is 12.5 Å². The summed E-state index contributed by atoms with van der Waals surface area (Å²) in [6.07, 6.45) is 6.77. The topological polar surface area (TPSA) is 29.3 Å². The Morgan fingerprint density at radius 3 is 2.31 bits per heavy atom. The van der Waals surface area contributed by atoms with Gasteiger partial charge in [-0.15, -0.1) is 0 Å². The molecule has 1 aliphatic rings. The molecule has 2 nitrogen and oxygen atoms in total. The number of hydrogen-bond donors (Lipinski definition) is 1. The maximum absolute atomic E-state index is 5.88. The molecule has 2 heteroatoms. The summed E-state index contributed by atoms with van der Waals surface area (Å²) in [5, 5.41) is 0. The second-order valence-electron chi connectivity index (χ2n) is 5.88. The summed E-state index contributed by atoms with van der Waals surface area (Å²) in [5.41, 5.74) is 6.21. The minimum atomic E-state index is 0.331. The second-order valence-corrected chi connectivity index (χ2v) is 5.88. The smallest absolute Gasteiger partial charge is 0.00473 e. The molecule has 0 radical (unpaired) electrons. The number of nitrogens with two attached hydrogens (primary N) is 1.